The second kappa shape index (κ2) is 8.67. The second-order valence-corrected chi connectivity index (χ2v) is 5.23. The number of hydrogen-bond donors (Lipinski definition) is 6. The van der Waals surface area contributed by atoms with Gasteiger partial charge in [0.15, 0.2) is 0 Å². The number of benzene rings is 1. The molecule has 1 aromatic rings. The van der Waals surface area contributed by atoms with Crippen molar-refractivity contribution in [1.82, 2.24) is 5.32 Å². The fourth-order valence-corrected chi connectivity index (χ4v) is 2.25. The third-order valence-electron chi connectivity index (χ3n) is 3.28. The van der Waals surface area contributed by atoms with E-state index in [1.165, 1.54) is 19.2 Å². The molecule has 0 spiro atoms. The molecular weight excluding hydrogens is 352 g/mol. The maximum absolute atomic E-state index is 11.5. The quantitative estimate of drug-likeness (QED) is 0.299. The van der Waals surface area contributed by atoms with Gasteiger partial charge >= 0.3 is 23.9 Å². The summed E-state index contributed by atoms with van der Waals surface area (Å²) in [7, 11) is 1.19. The van der Waals surface area contributed by atoms with Gasteiger partial charge in [-0.3, -0.25) is 14.9 Å². The molecule has 0 bridgehead atoms. The number of hydrogen-bond acceptors (Lipinski definition) is 7. The van der Waals surface area contributed by atoms with Crippen LogP contribution >= 0.6 is 0 Å². The number of methoxy groups -OCH3 is 1. The molecule has 1 unspecified atom stereocenters. The van der Waals surface area contributed by atoms with Crippen molar-refractivity contribution in [3.63, 3.8) is 0 Å². The summed E-state index contributed by atoms with van der Waals surface area (Å²) in [5, 5.41) is 40.7. The van der Waals surface area contributed by atoms with Crippen LogP contribution in [-0.4, -0.2) is 64.0 Å². The monoisotopic (exact) mass is 370 g/mol. The molecule has 1 aromatic carbocycles. The van der Waals surface area contributed by atoms with E-state index in [1.54, 1.807) is 6.92 Å². The Kier molecular flexibility index (Phi) is 6.90. The zero-order chi connectivity index (χ0) is 20.0. The predicted octanol–water partition coefficient (Wildman–Crippen LogP) is -0.247. The van der Waals surface area contributed by atoms with Crippen molar-refractivity contribution in [3.8, 4) is 5.75 Å². The fraction of sp³-hybridized carbons (Fsp3) is 0.333. The van der Waals surface area contributed by atoms with E-state index in [0.29, 0.717) is 5.56 Å². The van der Waals surface area contributed by atoms with Crippen molar-refractivity contribution in [2.75, 3.05) is 19.0 Å². The number of anilines is 1. The molecule has 1 atom stereocenters. The molecule has 0 radical (unpaired) electrons. The molecule has 142 valence electrons. The van der Waals surface area contributed by atoms with Crippen LogP contribution in [0.3, 0.4) is 0 Å². The minimum atomic E-state index is -1.99. The highest BCUT2D eigenvalue weighted by Gasteiger charge is 2.30. The average molecular weight is 370 g/mol. The smallest absolute Gasteiger partial charge is 0.337 e. The maximum Gasteiger partial charge on any atom is 0.337 e. The first-order valence-electron chi connectivity index (χ1n) is 7.17. The van der Waals surface area contributed by atoms with Crippen LogP contribution in [0, 0.1) is 6.92 Å². The highest BCUT2D eigenvalue weighted by molar-refractivity contribution is 6.00. The first-order chi connectivity index (χ1) is 12.1. The van der Waals surface area contributed by atoms with Crippen molar-refractivity contribution in [2.24, 2.45) is 0 Å². The van der Waals surface area contributed by atoms with E-state index >= 15 is 0 Å². The van der Waals surface area contributed by atoms with Crippen LogP contribution in [0.15, 0.2) is 12.1 Å². The summed E-state index contributed by atoms with van der Waals surface area (Å²) in [5.41, 5.74) is 0.431. The van der Waals surface area contributed by atoms with E-state index in [2.05, 4.69) is 10.6 Å². The van der Waals surface area contributed by atoms with E-state index in [-0.39, 0.29) is 17.0 Å². The van der Waals surface area contributed by atoms with E-state index in [9.17, 15) is 24.3 Å². The number of ether oxygens (including phenoxy) is 1. The lowest BCUT2D eigenvalue weighted by atomic mass is 10.0. The van der Waals surface area contributed by atoms with Gasteiger partial charge in [0.25, 0.3) is 0 Å². The zero-order valence-corrected chi connectivity index (χ0v) is 13.8. The van der Waals surface area contributed by atoms with Crippen LogP contribution in [0.1, 0.15) is 17.2 Å². The summed E-state index contributed by atoms with van der Waals surface area (Å²) in [6.45, 7) is 0.921. The van der Waals surface area contributed by atoms with Gasteiger partial charge in [-0.05, 0) is 18.6 Å². The Morgan fingerprint density at radius 3 is 2.04 bits per heavy atom. The summed E-state index contributed by atoms with van der Waals surface area (Å²) in [6.07, 6.45) is 0. The number of carbonyl (C=O) groups is 4. The van der Waals surface area contributed by atoms with E-state index in [4.69, 9.17) is 20.1 Å². The molecule has 0 aliphatic carbocycles. The molecule has 0 aromatic heterocycles. The topological polar surface area (TPSA) is 182 Å². The molecular formula is C15H18N2O9. The van der Waals surface area contributed by atoms with E-state index in [0.717, 1.165) is 0 Å². The largest absolute Gasteiger partial charge is 0.494 e. The Morgan fingerprint density at radius 2 is 1.62 bits per heavy atom. The van der Waals surface area contributed by atoms with Crippen LogP contribution in [0.2, 0.25) is 0 Å². The van der Waals surface area contributed by atoms with Crippen molar-refractivity contribution in [1.29, 1.82) is 0 Å². The Labute approximate surface area is 147 Å². The van der Waals surface area contributed by atoms with Crippen LogP contribution < -0.4 is 15.4 Å². The Morgan fingerprint density at radius 1 is 1.04 bits per heavy atom. The number of carboxylic acids is 4. The van der Waals surface area contributed by atoms with Gasteiger partial charge in [-0.1, -0.05) is 6.07 Å². The molecule has 0 aliphatic rings. The van der Waals surface area contributed by atoms with E-state index < -0.39 is 42.5 Å². The highest BCUT2D eigenvalue weighted by Crippen LogP contribution is 2.35. The van der Waals surface area contributed by atoms with Gasteiger partial charge in [-0.2, -0.15) is 0 Å². The third-order valence-corrected chi connectivity index (χ3v) is 3.28. The van der Waals surface area contributed by atoms with Crippen LogP contribution in [0.5, 0.6) is 5.75 Å². The SMILES string of the molecule is COc1c(NC(C(=O)O)C(=O)O)cc(C)cc1C(NCC(=O)O)C(=O)O. The van der Waals surface area contributed by atoms with Crippen LogP contribution in [0.25, 0.3) is 0 Å². The van der Waals surface area contributed by atoms with Crippen LogP contribution in [-0.2, 0) is 19.2 Å². The normalized spacial score (nSPS) is 11.7. The van der Waals surface area contributed by atoms with Gasteiger partial charge < -0.3 is 30.5 Å². The molecule has 11 nitrogen and oxygen atoms in total. The second-order valence-electron chi connectivity index (χ2n) is 5.23. The highest BCUT2D eigenvalue weighted by atomic mass is 16.5. The lowest BCUT2D eigenvalue weighted by Gasteiger charge is -2.22. The molecule has 0 heterocycles. The Bertz CT molecular complexity index is 718. The van der Waals surface area contributed by atoms with E-state index in [1.807, 2.05) is 0 Å². The molecule has 11 heteroatoms. The molecule has 0 amide bonds. The average Bonchev–Trinajstić information content (AvgIpc) is 2.51. The van der Waals surface area contributed by atoms with Crippen molar-refractivity contribution in [2.45, 2.75) is 19.0 Å². The van der Waals surface area contributed by atoms with Crippen LogP contribution in [0.4, 0.5) is 5.69 Å². The number of rotatable bonds is 10. The number of carboxylic acid groups (broad SMARTS) is 4. The standard InChI is InChI=1S/C15H18N2O9/c1-6-3-7(10(13(20)21)16-5-9(18)19)12(26-2)8(4-6)17-11(14(22)23)15(24)25/h3-4,10-11,16-17H,5H2,1-2H3,(H,18,19)(H,20,21)(H,22,23)(H,24,25). The summed E-state index contributed by atoms with van der Waals surface area (Å²) in [6, 6.07) is -0.672. The molecule has 0 fully saturated rings. The molecule has 0 saturated heterocycles. The molecule has 26 heavy (non-hydrogen) atoms. The molecule has 1 rings (SSSR count). The lowest BCUT2D eigenvalue weighted by Crippen LogP contribution is -2.37. The predicted molar refractivity (Wildman–Crippen MR) is 86.4 cm³/mol. The van der Waals surface area contributed by atoms with Gasteiger partial charge in [0.1, 0.15) is 11.8 Å². The lowest BCUT2D eigenvalue weighted by molar-refractivity contribution is -0.149. The fourth-order valence-electron chi connectivity index (χ4n) is 2.25. The summed E-state index contributed by atoms with van der Waals surface area (Å²) >= 11 is 0. The van der Waals surface area contributed by atoms with Crippen molar-refractivity contribution in [3.05, 3.63) is 23.3 Å². The Hall–Kier alpha value is -3.34. The van der Waals surface area contributed by atoms with Gasteiger partial charge in [0.05, 0.1) is 19.3 Å². The molecule has 0 saturated carbocycles. The van der Waals surface area contributed by atoms with Gasteiger partial charge in [-0.25, -0.2) is 9.59 Å². The van der Waals surface area contributed by atoms with Gasteiger partial charge in [0, 0.05) is 5.56 Å². The minimum Gasteiger partial charge on any atom is -0.494 e. The van der Waals surface area contributed by atoms with Crippen molar-refractivity contribution < 1.29 is 44.3 Å². The summed E-state index contributed by atoms with van der Waals surface area (Å²) in [4.78, 5) is 44.4. The zero-order valence-electron chi connectivity index (χ0n) is 13.8. The maximum atomic E-state index is 11.5. The number of aliphatic carboxylic acids is 4. The molecule has 6 N–H and O–H groups in total. The first kappa shape index (κ1) is 20.7. The number of nitrogens with one attached hydrogen (secondary N) is 2. The molecule has 0 aliphatic heterocycles. The minimum absolute atomic E-state index is 0.0123. The van der Waals surface area contributed by atoms with Crippen molar-refractivity contribution >= 4 is 29.6 Å². The number of aryl methyl sites for hydroxylation is 1. The van der Waals surface area contributed by atoms with Gasteiger partial charge in [0.2, 0.25) is 6.04 Å². The summed E-state index contributed by atoms with van der Waals surface area (Å²) in [5.74, 6) is -6.09. The first-order valence-corrected chi connectivity index (χ1v) is 7.17. The third kappa shape index (κ3) is 5.08. The van der Waals surface area contributed by atoms with Gasteiger partial charge in [-0.15, -0.1) is 0 Å². The summed E-state index contributed by atoms with van der Waals surface area (Å²) < 4.78 is 5.13. The Balaban J connectivity index is 3.42.